The summed E-state index contributed by atoms with van der Waals surface area (Å²) in [4.78, 5) is 46.1. The number of unbranched alkanes of at least 4 members (excludes halogenated alkanes) is 4. The molecule has 0 bridgehead atoms. The average molecular weight is 475 g/mol. The highest BCUT2D eigenvalue weighted by Gasteiger charge is 2.07. The third-order valence-electron chi connectivity index (χ3n) is 4.53. The summed E-state index contributed by atoms with van der Waals surface area (Å²) in [5.41, 5.74) is 0. The first-order chi connectivity index (χ1) is 16.0. The van der Waals surface area contributed by atoms with Gasteiger partial charge in [0.15, 0.2) is 0 Å². The second kappa shape index (κ2) is 23.0. The van der Waals surface area contributed by atoms with Crippen LogP contribution in [-0.4, -0.2) is 63.5 Å². The summed E-state index contributed by atoms with van der Waals surface area (Å²) >= 11 is 0. The number of hydrogen-bond donors (Lipinski definition) is 0. The zero-order valence-corrected chi connectivity index (χ0v) is 20.4. The summed E-state index contributed by atoms with van der Waals surface area (Å²) in [5.74, 6) is -1.13. The molecule has 9 nitrogen and oxygen atoms in total. The molecular weight excluding hydrogens is 432 g/mol. The first-order valence-electron chi connectivity index (χ1n) is 12.2. The van der Waals surface area contributed by atoms with Gasteiger partial charge in [0.25, 0.3) is 0 Å². The predicted molar refractivity (Wildman–Crippen MR) is 121 cm³/mol. The molecule has 0 radical (unpaired) electrons. The van der Waals surface area contributed by atoms with Crippen molar-refractivity contribution in [1.29, 1.82) is 0 Å². The Morgan fingerprint density at radius 1 is 0.424 bits per heavy atom. The van der Waals surface area contributed by atoms with Crippen LogP contribution in [0.1, 0.15) is 90.9 Å². The van der Waals surface area contributed by atoms with E-state index in [1.54, 1.807) is 0 Å². The SMILES string of the molecule is CCCCOC(=O)CCCCC(=O)OCCOCCOC(=O)CCCCC(=O)OCCCC. The summed E-state index contributed by atoms with van der Waals surface area (Å²) in [6.07, 6.45) is 7.11. The van der Waals surface area contributed by atoms with Crippen LogP contribution >= 0.6 is 0 Å². The number of hydrogen-bond acceptors (Lipinski definition) is 9. The van der Waals surface area contributed by atoms with Crippen LogP contribution in [0, 0.1) is 0 Å². The van der Waals surface area contributed by atoms with Crippen molar-refractivity contribution < 1.29 is 42.9 Å². The quantitative estimate of drug-likeness (QED) is 0.131. The van der Waals surface area contributed by atoms with Crippen molar-refractivity contribution >= 4 is 23.9 Å². The first kappa shape index (κ1) is 30.8. The van der Waals surface area contributed by atoms with Gasteiger partial charge in [-0.15, -0.1) is 0 Å². The maximum Gasteiger partial charge on any atom is 0.305 e. The van der Waals surface area contributed by atoms with E-state index in [4.69, 9.17) is 23.7 Å². The molecule has 0 aliphatic carbocycles. The second-order valence-electron chi connectivity index (χ2n) is 7.62. The zero-order chi connectivity index (χ0) is 24.6. The molecule has 0 amide bonds. The van der Waals surface area contributed by atoms with Crippen LogP contribution in [0.4, 0.5) is 0 Å². The molecule has 0 fully saturated rings. The van der Waals surface area contributed by atoms with Crippen molar-refractivity contribution in [2.45, 2.75) is 90.9 Å². The molecule has 0 unspecified atom stereocenters. The number of ether oxygens (including phenoxy) is 5. The summed E-state index contributed by atoms with van der Waals surface area (Å²) in [7, 11) is 0. The molecule has 0 atom stereocenters. The Morgan fingerprint density at radius 3 is 1.03 bits per heavy atom. The van der Waals surface area contributed by atoms with Crippen molar-refractivity contribution in [1.82, 2.24) is 0 Å². The minimum Gasteiger partial charge on any atom is -0.466 e. The molecule has 0 aromatic rings. The first-order valence-corrected chi connectivity index (χ1v) is 12.2. The number of esters is 4. The van der Waals surface area contributed by atoms with E-state index in [-0.39, 0.29) is 63.1 Å². The summed E-state index contributed by atoms with van der Waals surface area (Å²) in [6, 6.07) is 0. The average Bonchev–Trinajstić information content (AvgIpc) is 2.79. The minimum absolute atomic E-state index is 0.125. The number of carbonyl (C=O) groups is 4. The third kappa shape index (κ3) is 22.8. The van der Waals surface area contributed by atoms with Crippen molar-refractivity contribution in [2.75, 3.05) is 39.6 Å². The molecule has 0 aromatic carbocycles. The van der Waals surface area contributed by atoms with E-state index < -0.39 is 0 Å². The van der Waals surface area contributed by atoms with Crippen molar-refractivity contribution in [3.05, 3.63) is 0 Å². The highest BCUT2D eigenvalue weighted by molar-refractivity contribution is 5.71. The van der Waals surface area contributed by atoms with Gasteiger partial charge in [-0.1, -0.05) is 26.7 Å². The topological polar surface area (TPSA) is 114 Å². The van der Waals surface area contributed by atoms with Gasteiger partial charge >= 0.3 is 23.9 Å². The van der Waals surface area contributed by atoms with Crippen LogP contribution in [0.25, 0.3) is 0 Å². The van der Waals surface area contributed by atoms with Crippen LogP contribution < -0.4 is 0 Å². The minimum atomic E-state index is -0.335. The number of rotatable bonds is 22. The van der Waals surface area contributed by atoms with Gasteiger partial charge in [-0.3, -0.25) is 19.2 Å². The Labute approximate surface area is 197 Å². The van der Waals surface area contributed by atoms with Gasteiger partial charge in [-0.25, -0.2) is 0 Å². The van der Waals surface area contributed by atoms with Gasteiger partial charge < -0.3 is 23.7 Å². The van der Waals surface area contributed by atoms with E-state index in [9.17, 15) is 19.2 Å². The molecule has 0 aliphatic rings. The van der Waals surface area contributed by atoms with Crippen molar-refractivity contribution in [3.8, 4) is 0 Å². The van der Waals surface area contributed by atoms with Gasteiger partial charge in [-0.2, -0.15) is 0 Å². The molecule has 0 spiro atoms. The molecule has 192 valence electrons. The Kier molecular flexibility index (Phi) is 21.5. The fourth-order valence-corrected chi connectivity index (χ4v) is 2.56. The fourth-order valence-electron chi connectivity index (χ4n) is 2.56. The van der Waals surface area contributed by atoms with Gasteiger partial charge in [-0.05, 0) is 38.5 Å². The Balaban J connectivity index is 3.43. The van der Waals surface area contributed by atoms with Gasteiger partial charge in [0.05, 0.1) is 26.4 Å². The largest absolute Gasteiger partial charge is 0.466 e. The predicted octanol–water partition coefficient (Wildman–Crippen LogP) is 3.90. The molecule has 0 saturated heterocycles. The molecule has 9 heteroatoms. The van der Waals surface area contributed by atoms with Crippen LogP contribution in [0.3, 0.4) is 0 Å². The Bertz CT molecular complexity index is 488. The molecule has 0 heterocycles. The van der Waals surface area contributed by atoms with Crippen molar-refractivity contribution in [2.24, 2.45) is 0 Å². The molecule has 0 N–H and O–H groups in total. The van der Waals surface area contributed by atoms with E-state index in [0.717, 1.165) is 25.7 Å². The van der Waals surface area contributed by atoms with Gasteiger partial charge in [0, 0.05) is 25.7 Å². The van der Waals surface area contributed by atoms with E-state index in [1.807, 2.05) is 13.8 Å². The lowest BCUT2D eigenvalue weighted by Crippen LogP contribution is -2.14. The zero-order valence-electron chi connectivity index (χ0n) is 20.4. The summed E-state index contributed by atoms with van der Waals surface area (Å²) in [6.45, 7) is 5.64. The van der Waals surface area contributed by atoms with Crippen LogP contribution in [0.5, 0.6) is 0 Å². The number of carbonyl (C=O) groups excluding carboxylic acids is 4. The molecule has 33 heavy (non-hydrogen) atoms. The molecular formula is C24H42O9. The second-order valence-corrected chi connectivity index (χ2v) is 7.62. The fraction of sp³-hybridized carbons (Fsp3) is 0.833. The van der Waals surface area contributed by atoms with Crippen LogP contribution in [0.2, 0.25) is 0 Å². The monoisotopic (exact) mass is 474 g/mol. The Morgan fingerprint density at radius 2 is 0.727 bits per heavy atom. The normalized spacial score (nSPS) is 10.5. The molecule has 0 aromatic heterocycles. The molecule has 0 aliphatic heterocycles. The molecule has 0 rings (SSSR count). The van der Waals surface area contributed by atoms with Gasteiger partial charge in [0.1, 0.15) is 13.2 Å². The standard InChI is InChI=1S/C24H42O9/c1-3-5-15-30-21(25)11-7-9-13-23(27)32-19-17-29-18-20-33-24(28)14-10-8-12-22(26)31-16-6-4-2/h3-20H2,1-2H3. The van der Waals surface area contributed by atoms with E-state index >= 15 is 0 Å². The van der Waals surface area contributed by atoms with Crippen LogP contribution in [-0.2, 0) is 42.9 Å². The van der Waals surface area contributed by atoms with Crippen molar-refractivity contribution in [3.63, 3.8) is 0 Å². The lowest BCUT2D eigenvalue weighted by atomic mass is 10.2. The molecule has 0 saturated carbocycles. The lowest BCUT2D eigenvalue weighted by Gasteiger charge is -2.07. The van der Waals surface area contributed by atoms with Gasteiger partial charge in [0.2, 0.25) is 0 Å². The summed E-state index contributed by atoms with van der Waals surface area (Å²) in [5, 5.41) is 0. The van der Waals surface area contributed by atoms with E-state index in [0.29, 0.717) is 51.7 Å². The van der Waals surface area contributed by atoms with Crippen LogP contribution in [0.15, 0.2) is 0 Å². The maximum absolute atomic E-state index is 11.6. The third-order valence-corrected chi connectivity index (χ3v) is 4.53. The summed E-state index contributed by atoms with van der Waals surface area (Å²) < 4.78 is 25.4. The Hall–Kier alpha value is -2.16. The highest BCUT2D eigenvalue weighted by Crippen LogP contribution is 2.05. The van der Waals surface area contributed by atoms with E-state index in [1.165, 1.54) is 0 Å². The maximum atomic E-state index is 11.6. The smallest absolute Gasteiger partial charge is 0.305 e. The van der Waals surface area contributed by atoms with E-state index in [2.05, 4.69) is 0 Å². The highest BCUT2D eigenvalue weighted by atomic mass is 16.6. The lowest BCUT2D eigenvalue weighted by molar-refractivity contribution is -0.148.